The molecule has 0 bridgehead atoms. The molecular formula is C36H30N4O3. The highest BCUT2D eigenvalue weighted by atomic mass is 16.3. The lowest BCUT2D eigenvalue weighted by atomic mass is 9.90. The normalized spacial score (nSPS) is 10.9. The largest absolute Gasteiger partial charge is 0.467 e. The van der Waals surface area contributed by atoms with Crippen molar-refractivity contribution < 1.29 is 14.0 Å². The summed E-state index contributed by atoms with van der Waals surface area (Å²) in [6.45, 7) is -0.0427. The van der Waals surface area contributed by atoms with Gasteiger partial charge in [0.1, 0.15) is 18.1 Å². The van der Waals surface area contributed by atoms with Crippen LogP contribution in [0.3, 0.4) is 0 Å². The van der Waals surface area contributed by atoms with E-state index < -0.39 is 5.92 Å². The number of para-hydroxylation sites is 1. The lowest BCUT2D eigenvalue weighted by molar-refractivity contribution is -0.136. The van der Waals surface area contributed by atoms with Crippen molar-refractivity contribution >= 4 is 17.6 Å². The molecule has 0 saturated carbocycles. The molecule has 43 heavy (non-hydrogen) atoms. The zero-order chi connectivity index (χ0) is 29.4. The Morgan fingerprint density at radius 2 is 1.33 bits per heavy atom. The van der Waals surface area contributed by atoms with Crippen LogP contribution in [0.4, 0.5) is 5.82 Å². The summed E-state index contributed by atoms with van der Waals surface area (Å²) in [7, 11) is 0. The highest BCUT2D eigenvalue weighted by molar-refractivity contribution is 5.96. The van der Waals surface area contributed by atoms with Gasteiger partial charge in [-0.25, -0.2) is 4.68 Å². The topological polar surface area (TPSA) is 80.4 Å². The van der Waals surface area contributed by atoms with Crippen molar-refractivity contribution in [2.45, 2.75) is 12.5 Å². The number of hydrogen-bond donors (Lipinski definition) is 1. The Hall–Kier alpha value is -5.69. The predicted octanol–water partition coefficient (Wildman–Crippen LogP) is 6.93. The third kappa shape index (κ3) is 6.47. The van der Waals surface area contributed by atoms with Crippen LogP contribution in [0.15, 0.2) is 150 Å². The predicted molar refractivity (Wildman–Crippen MR) is 166 cm³/mol. The molecule has 0 fully saturated rings. The number of aromatic nitrogens is 2. The third-order valence-electron chi connectivity index (χ3n) is 7.13. The van der Waals surface area contributed by atoms with E-state index in [1.54, 1.807) is 28.0 Å². The zero-order valence-corrected chi connectivity index (χ0v) is 23.4. The molecule has 0 unspecified atom stereocenters. The molecule has 0 aliphatic rings. The zero-order valence-electron chi connectivity index (χ0n) is 23.4. The van der Waals surface area contributed by atoms with E-state index in [9.17, 15) is 9.59 Å². The molecule has 0 aliphatic carbocycles. The highest BCUT2D eigenvalue weighted by Gasteiger charge is 2.30. The Kier molecular flexibility index (Phi) is 8.22. The molecule has 7 nitrogen and oxygen atoms in total. The lowest BCUT2D eigenvalue weighted by Gasteiger charge is -2.27. The van der Waals surface area contributed by atoms with E-state index in [0.717, 1.165) is 28.1 Å². The van der Waals surface area contributed by atoms with Gasteiger partial charge in [-0.05, 0) is 35.4 Å². The van der Waals surface area contributed by atoms with Gasteiger partial charge in [0.25, 0.3) is 0 Å². The van der Waals surface area contributed by atoms with Crippen LogP contribution in [0.25, 0.3) is 16.9 Å². The minimum absolute atomic E-state index is 0.142. The van der Waals surface area contributed by atoms with Crippen LogP contribution in [-0.4, -0.2) is 33.0 Å². The molecule has 0 radical (unpaired) electrons. The molecule has 212 valence electrons. The molecule has 0 spiro atoms. The van der Waals surface area contributed by atoms with Crippen molar-refractivity contribution in [3.05, 3.63) is 163 Å². The minimum Gasteiger partial charge on any atom is -0.467 e. The minimum atomic E-state index is -0.593. The molecule has 1 N–H and O–H groups in total. The van der Waals surface area contributed by atoms with E-state index in [1.165, 1.54) is 0 Å². The van der Waals surface area contributed by atoms with Gasteiger partial charge in [-0.15, -0.1) is 0 Å². The monoisotopic (exact) mass is 566 g/mol. The first kappa shape index (κ1) is 27.5. The summed E-state index contributed by atoms with van der Waals surface area (Å²) >= 11 is 0. The fourth-order valence-electron chi connectivity index (χ4n) is 5.10. The van der Waals surface area contributed by atoms with Crippen LogP contribution in [0.1, 0.15) is 22.8 Å². The number of rotatable bonds is 10. The van der Waals surface area contributed by atoms with Gasteiger partial charge in [-0.3, -0.25) is 9.59 Å². The number of benzene rings is 4. The fraction of sp³-hybridized carbons (Fsp3) is 0.0833. The lowest BCUT2D eigenvalue weighted by Crippen LogP contribution is -2.40. The quantitative estimate of drug-likeness (QED) is 0.195. The number of carbonyl (C=O) groups is 2. The van der Waals surface area contributed by atoms with E-state index in [2.05, 4.69) is 5.32 Å². The molecule has 7 heteroatoms. The van der Waals surface area contributed by atoms with Crippen molar-refractivity contribution in [1.82, 2.24) is 14.7 Å². The van der Waals surface area contributed by atoms with Gasteiger partial charge in [0.2, 0.25) is 11.8 Å². The molecule has 2 aromatic heterocycles. The maximum absolute atomic E-state index is 14.3. The first-order valence-corrected chi connectivity index (χ1v) is 14.1. The second kappa shape index (κ2) is 12.9. The first-order valence-electron chi connectivity index (χ1n) is 14.1. The van der Waals surface area contributed by atoms with Gasteiger partial charge >= 0.3 is 0 Å². The standard InChI is InChI=1S/C36H30N4O3/c41-34(37-33-24-32(27-14-5-1-6-15-27)38-40(33)30-20-11-4-12-21-30)26-39(25-31-22-13-23-43-31)36(42)35(28-16-7-2-8-17-28)29-18-9-3-10-19-29/h1-24,35H,25-26H2,(H,37,41). The molecule has 4 aromatic carbocycles. The number of amides is 2. The van der Waals surface area contributed by atoms with E-state index in [1.807, 2.05) is 127 Å². The van der Waals surface area contributed by atoms with Crippen LogP contribution in [0.2, 0.25) is 0 Å². The van der Waals surface area contributed by atoms with Gasteiger partial charge in [0.05, 0.1) is 30.1 Å². The third-order valence-corrected chi connectivity index (χ3v) is 7.13. The second-order valence-corrected chi connectivity index (χ2v) is 10.1. The summed E-state index contributed by atoms with van der Waals surface area (Å²) in [5.74, 6) is -0.0588. The number of nitrogens with one attached hydrogen (secondary N) is 1. The Balaban J connectivity index is 1.32. The van der Waals surface area contributed by atoms with Gasteiger partial charge in [0, 0.05) is 11.6 Å². The second-order valence-electron chi connectivity index (χ2n) is 10.1. The first-order chi connectivity index (χ1) is 21.2. The molecule has 0 saturated heterocycles. The van der Waals surface area contributed by atoms with Crippen LogP contribution < -0.4 is 5.32 Å². The molecule has 2 heterocycles. The number of anilines is 1. The summed E-state index contributed by atoms with van der Waals surface area (Å²) in [4.78, 5) is 29.6. The maximum atomic E-state index is 14.3. The van der Waals surface area contributed by atoms with E-state index >= 15 is 0 Å². The summed E-state index contributed by atoms with van der Waals surface area (Å²) in [6, 6.07) is 44.1. The number of nitrogens with zero attached hydrogens (tertiary/aromatic N) is 3. The fourth-order valence-corrected chi connectivity index (χ4v) is 5.10. The summed E-state index contributed by atoms with van der Waals surface area (Å²) in [5, 5.41) is 7.81. The van der Waals surface area contributed by atoms with Gasteiger partial charge in [0.15, 0.2) is 0 Å². The molecular weight excluding hydrogens is 536 g/mol. The molecule has 6 rings (SSSR count). The molecule has 6 aromatic rings. The Morgan fingerprint density at radius 1 is 0.744 bits per heavy atom. The average Bonchev–Trinajstić information content (AvgIpc) is 3.73. The number of carbonyl (C=O) groups excluding carboxylic acids is 2. The van der Waals surface area contributed by atoms with Crippen molar-refractivity contribution in [2.75, 3.05) is 11.9 Å². The Labute approximate surface area is 250 Å². The average molecular weight is 567 g/mol. The van der Waals surface area contributed by atoms with Crippen molar-refractivity contribution in [3.8, 4) is 16.9 Å². The van der Waals surface area contributed by atoms with Crippen molar-refractivity contribution in [3.63, 3.8) is 0 Å². The molecule has 0 atom stereocenters. The van der Waals surface area contributed by atoms with Crippen molar-refractivity contribution in [2.24, 2.45) is 0 Å². The van der Waals surface area contributed by atoms with E-state index in [4.69, 9.17) is 9.52 Å². The SMILES string of the molecule is O=C(CN(Cc1ccco1)C(=O)C(c1ccccc1)c1ccccc1)Nc1cc(-c2ccccc2)nn1-c1ccccc1. The van der Waals surface area contributed by atoms with Gasteiger partial charge < -0.3 is 14.6 Å². The van der Waals surface area contributed by atoms with Crippen molar-refractivity contribution in [1.29, 1.82) is 0 Å². The summed E-state index contributed by atoms with van der Waals surface area (Å²) in [5.41, 5.74) is 4.14. The highest BCUT2D eigenvalue weighted by Crippen LogP contribution is 2.28. The van der Waals surface area contributed by atoms with Gasteiger partial charge in [-0.1, -0.05) is 109 Å². The van der Waals surface area contributed by atoms with E-state index in [0.29, 0.717) is 11.6 Å². The summed E-state index contributed by atoms with van der Waals surface area (Å²) in [6.07, 6.45) is 1.56. The smallest absolute Gasteiger partial charge is 0.245 e. The van der Waals surface area contributed by atoms with Crippen LogP contribution in [-0.2, 0) is 16.1 Å². The van der Waals surface area contributed by atoms with Crippen LogP contribution >= 0.6 is 0 Å². The van der Waals surface area contributed by atoms with Gasteiger partial charge in [-0.2, -0.15) is 5.10 Å². The van der Waals surface area contributed by atoms with Crippen LogP contribution in [0.5, 0.6) is 0 Å². The number of hydrogen-bond acceptors (Lipinski definition) is 4. The van der Waals surface area contributed by atoms with Crippen LogP contribution in [0, 0.1) is 0 Å². The summed E-state index contributed by atoms with van der Waals surface area (Å²) < 4.78 is 7.30. The maximum Gasteiger partial charge on any atom is 0.245 e. The molecule has 0 aliphatic heterocycles. The number of furan rings is 1. The Bertz CT molecular complexity index is 1730. The molecule has 2 amide bonds. The Morgan fingerprint density at radius 3 is 1.91 bits per heavy atom. The van der Waals surface area contributed by atoms with E-state index in [-0.39, 0.29) is 24.9 Å².